The van der Waals surface area contributed by atoms with Crippen molar-refractivity contribution in [2.24, 2.45) is 0 Å². The van der Waals surface area contributed by atoms with Crippen molar-refractivity contribution in [2.45, 2.75) is 0 Å². The highest BCUT2D eigenvalue weighted by atomic mass is 27.0. The van der Waals surface area contributed by atoms with Crippen LogP contribution in [0.2, 0.25) is 0 Å². The predicted octanol–water partition coefficient (Wildman–Crippen LogP) is -0.660. The zero-order chi connectivity index (χ0) is 5.11. The molecular weight excluding hydrogens is 101 g/mol. The van der Waals surface area contributed by atoms with Crippen molar-refractivity contribution in [3.63, 3.8) is 0 Å². The lowest BCUT2D eigenvalue weighted by atomic mass is 10.5. The molecule has 7 heavy (non-hydrogen) atoms. The zero-order valence-corrected chi connectivity index (χ0v) is 6.26. The fraction of sp³-hybridized carbons (Fsp3) is 0. The van der Waals surface area contributed by atoms with Crippen LogP contribution in [0.15, 0.2) is 24.4 Å². The van der Waals surface area contributed by atoms with Crippen LogP contribution < -0.4 is 4.56 Å². The minimum absolute atomic E-state index is 1.06. The number of rotatable bonds is 0. The molecule has 0 fully saturated rings. The molecule has 0 aliphatic carbocycles. The van der Waals surface area contributed by atoms with Gasteiger partial charge in [-0.25, -0.2) is 0 Å². The fourth-order valence-electron chi connectivity index (χ4n) is 0.448. The van der Waals surface area contributed by atoms with Gasteiger partial charge in [0, 0.05) is 6.20 Å². The maximum absolute atomic E-state index is 4.04. The standard InChI is InChI=1S/C5H4N.Al.2H/c1-2-4-6-5-3-1;;;/h1-4H;;;. The molecule has 1 heterocycles. The molecule has 0 saturated heterocycles. The maximum atomic E-state index is 4.04. The minimum atomic E-state index is 1.06. The van der Waals surface area contributed by atoms with Crippen molar-refractivity contribution in [3.8, 4) is 0 Å². The van der Waals surface area contributed by atoms with E-state index in [1.807, 2.05) is 24.4 Å². The summed E-state index contributed by atoms with van der Waals surface area (Å²) in [6, 6.07) is 5.98. The van der Waals surface area contributed by atoms with Crippen molar-refractivity contribution in [3.05, 3.63) is 24.4 Å². The molecular formula is C5H6AlN. The molecule has 0 N–H and O–H groups in total. The van der Waals surface area contributed by atoms with Crippen LogP contribution >= 0.6 is 0 Å². The van der Waals surface area contributed by atoms with Gasteiger partial charge in [0.15, 0.2) is 0 Å². The summed E-state index contributed by atoms with van der Waals surface area (Å²) in [5.74, 6) is 0. The molecule has 34 valence electrons. The molecule has 1 aromatic heterocycles. The van der Waals surface area contributed by atoms with Gasteiger partial charge < -0.3 is 0 Å². The van der Waals surface area contributed by atoms with Crippen molar-refractivity contribution >= 4 is 20.8 Å². The van der Waals surface area contributed by atoms with E-state index in [0.717, 1.165) is 16.3 Å². The van der Waals surface area contributed by atoms with Crippen LogP contribution in [0.4, 0.5) is 0 Å². The topological polar surface area (TPSA) is 12.9 Å². The van der Waals surface area contributed by atoms with E-state index in [1.54, 1.807) is 0 Å². The Balaban J connectivity index is 3.02. The first-order valence-corrected chi connectivity index (χ1v) is 3.27. The molecule has 0 bridgehead atoms. The Morgan fingerprint density at radius 1 is 1.43 bits per heavy atom. The molecule has 0 radical (unpaired) electrons. The molecule has 0 aliphatic heterocycles. The monoisotopic (exact) mass is 107 g/mol. The average Bonchev–Trinajstić information content (AvgIpc) is 1.69. The third-order valence-electron chi connectivity index (χ3n) is 0.813. The Bertz CT molecular complexity index is 138. The summed E-state index contributed by atoms with van der Waals surface area (Å²) in [7, 11) is 0. The minimum Gasteiger partial charge on any atom is -0.281 e. The molecule has 0 aliphatic rings. The van der Waals surface area contributed by atoms with Gasteiger partial charge in [0.25, 0.3) is 16.3 Å². The number of aromatic nitrogens is 1. The van der Waals surface area contributed by atoms with Gasteiger partial charge in [0.2, 0.25) is 0 Å². The van der Waals surface area contributed by atoms with Crippen LogP contribution in [-0.2, 0) is 0 Å². The summed E-state index contributed by atoms with van der Waals surface area (Å²) in [6.07, 6.45) is 1.82. The molecule has 0 spiro atoms. The highest BCUT2D eigenvalue weighted by molar-refractivity contribution is 6.30. The van der Waals surface area contributed by atoms with E-state index in [9.17, 15) is 0 Å². The van der Waals surface area contributed by atoms with Crippen LogP contribution in [0.5, 0.6) is 0 Å². The van der Waals surface area contributed by atoms with Gasteiger partial charge in [-0.1, -0.05) is 12.1 Å². The van der Waals surface area contributed by atoms with Gasteiger partial charge in [-0.15, -0.1) is 0 Å². The van der Waals surface area contributed by atoms with Crippen LogP contribution in [0, 0.1) is 0 Å². The molecule has 1 rings (SSSR count). The van der Waals surface area contributed by atoms with Crippen LogP contribution in [0.25, 0.3) is 0 Å². The highest BCUT2D eigenvalue weighted by Gasteiger charge is 1.74. The highest BCUT2D eigenvalue weighted by Crippen LogP contribution is 1.70. The summed E-state index contributed by atoms with van der Waals surface area (Å²) in [4.78, 5) is 4.04. The zero-order valence-electron chi connectivity index (χ0n) is 4.26. The van der Waals surface area contributed by atoms with Gasteiger partial charge in [0.05, 0.1) is 0 Å². The molecule has 2 heteroatoms. The maximum Gasteiger partial charge on any atom is 0.289 e. The number of pyridine rings is 1. The lowest BCUT2D eigenvalue weighted by molar-refractivity contribution is 1.39. The molecule has 0 aromatic carbocycles. The summed E-state index contributed by atoms with van der Waals surface area (Å²) >= 11 is 1.06. The number of hydrogen-bond donors (Lipinski definition) is 0. The third-order valence-corrected chi connectivity index (χ3v) is 1.40. The Hall–Kier alpha value is -0.318. The molecule has 0 unspecified atom stereocenters. The number of nitrogens with zero attached hydrogens (tertiary/aromatic N) is 1. The normalized spacial score (nSPS) is 8.57. The molecule has 1 nitrogen and oxygen atoms in total. The molecule has 1 aromatic rings. The molecule has 0 amide bonds. The predicted molar refractivity (Wildman–Crippen MR) is 32.4 cm³/mol. The Morgan fingerprint density at radius 3 is 2.57 bits per heavy atom. The van der Waals surface area contributed by atoms with Crippen molar-refractivity contribution in [2.75, 3.05) is 0 Å². The van der Waals surface area contributed by atoms with E-state index >= 15 is 0 Å². The van der Waals surface area contributed by atoms with Crippen molar-refractivity contribution in [1.82, 2.24) is 4.98 Å². The second-order valence-corrected chi connectivity index (χ2v) is 2.50. The van der Waals surface area contributed by atoms with E-state index < -0.39 is 0 Å². The summed E-state index contributed by atoms with van der Waals surface area (Å²) in [5.41, 5.74) is 0. The quantitative estimate of drug-likeness (QED) is 0.401. The van der Waals surface area contributed by atoms with Crippen molar-refractivity contribution in [1.29, 1.82) is 0 Å². The molecule has 0 saturated carbocycles. The van der Waals surface area contributed by atoms with E-state index in [2.05, 4.69) is 4.98 Å². The van der Waals surface area contributed by atoms with E-state index in [0.29, 0.717) is 0 Å². The van der Waals surface area contributed by atoms with Gasteiger partial charge in [0.1, 0.15) is 0 Å². The fourth-order valence-corrected chi connectivity index (χ4v) is 0.790. The largest absolute Gasteiger partial charge is 0.289 e. The first kappa shape index (κ1) is 4.83. The van der Waals surface area contributed by atoms with E-state index in [4.69, 9.17) is 0 Å². The summed E-state index contributed by atoms with van der Waals surface area (Å²) < 4.78 is 1.21. The van der Waals surface area contributed by atoms with E-state index in [1.165, 1.54) is 4.56 Å². The lowest BCUT2D eigenvalue weighted by Crippen LogP contribution is -2.04. The van der Waals surface area contributed by atoms with Crippen LogP contribution in [0.1, 0.15) is 0 Å². The first-order chi connectivity index (χ1) is 3.39. The van der Waals surface area contributed by atoms with E-state index in [-0.39, 0.29) is 0 Å². The number of hydrogen-bond acceptors (Lipinski definition) is 1. The SMILES string of the molecule is [AlH2][c]1ccccn1. The van der Waals surface area contributed by atoms with Gasteiger partial charge in [-0.2, -0.15) is 0 Å². The van der Waals surface area contributed by atoms with Gasteiger partial charge in [-0.05, 0) is 10.6 Å². The molecule has 0 atom stereocenters. The lowest BCUT2D eigenvalue weighted by Gasteiger charge is -1.82. The van der Waals surface area contributed by atoms with Gasteiger partial charge >= 0.3 is 0 Å². The van der Waals surface area contributed by atoms with Crippen LogP contribution in [0.3, 0.4) is 0 Å². The Labute approximate surface area is 50.8 Å². The second-order valence-electron chi connectivity index (χ2n) is 1.47. The van der Waals surface area contributed by atoms with Gasteiger partial charge in [-0.3, -0.25) is 4.98 Å². The van der Waals surface area contributed by atoms with Crippen LogP contribution in [-0.4, -0.2) is 21.3 Å². The first-order valence-electron chi connectivity index (χ1n) is 2.27. The summed E-state index contributed by atoms with van der Waals surface area (Å²) in [6.45, 7) is 0. The third kappa shape index (κ3) is 1.31. The smallest absolute Gasteiger partial charge is 0.281 e. The Morgan fingerprint density at radius 2 is 2.29 bits per heavy atom. The summed E-state index contributed by atoms with van der Waals surface area (Å²) in [5, 5.41) is 0. The Kier molecular flexibility index (Phi) is 1.46. The van der Waals surface area contributed by atoms with Crippen molar-refractivity contribution < 1.29 is 0 Å². The second kappa shape index (κ2) is 2.11. The average molecular weight is 107 g/mol.